The van der Waals surface area contributed by atoms with Crippen LogP contribution in [0.4, 0.5) is 18.9 Å². The van der Waals surface area contributed by atoms with E-state index in [1.54, 1.807) is 36.4 Å². The molecule has 8 nitrogen and oxygen atoms in total. The molecule has 39 heavy (non-hydrogen) atoms. The SMILES string of the molecule is CC(=O)c1cccc(C=Cc2ccc3c(c2)N(S(=O)(=O)c2cccc(C(F)(F)F)c2)CC(CCC(=O)O)O3)n1. The average Bonchev–Trinajstić information content (AvgIpc) is 2.90. The van der Waals surface area contributed by atoms with Gasteiger partial charge in [-0.1, -0.05) is 24.3 Å². The molecule has 12 heteroatoms. The smallest absolute Gasteiger partial charge is 0.416 e. The number of carboxylic acid groups (broad SMARTS) is 1. The van der Waals surface area contributed by atoms with E-state index in [9.17, 15) is 31.2 Å². The van der Waals surface area contributed by atoms with Gasteiger partial charge in [0.2, 0.25) is 0 Å². The number of ether oxygens (including phenoxy) is 1. The molecule has 0 saturated carbocycles. The van der Waals surface area contributed by atoms with Crippen LogP contribution in [0.1, 0.15) is 47.1 Å². The number of nitrogens with zero attached hydrogens (tertiary/aromatic N) is 2. The first-order valence-corrected chi connectivity index (χ1v) is 13.2. The summed E-state index contributed by atoms with van der Waals surface area (Å²) in [6, 6.07) is 13.0. The van der Waals surface area contributed by atoms with Crippen LogP contribution in [0.25, 0.3) is 12.2 Å². The van der Waals surface area contributed by atoms with Crippen LogP contribution in [-0.4, -0.2) is 42.9 Å². The molecule has 0 spiro atoms. The first-order valence-electron chi connectivity index (χ1n) is 11.7. The summed E-state index contributed by atoms with van der Waals surface area (Å²) < 4.78 is 74.0. The molecule has 1 unspecified atom stereocenters. The zero-order valence-corrected chi connectivity index (χ0v) is 21.4. The van der Waals surface area contributed by atoms with E-state index in [2.05, 4.69) is 4.98 Å². The number of hydrogen-bond donors (Lipinski definition) is 1. The van der Waals surface area contributed by atoms with Crippen LogP contribution in [0.15, 0.2) is 65.6 Å². The number of sulfonamides is 1. The summed E-state index contributed by atoms with van der Waals surface area (Å²) in [5.74, 6) is -1.16. The number of fused-ring (bicyclic) bond motifs is 1. The van der Waals surface area contributed by atoms with Gasteiger partial charge in [0.15, 0.2) is 5.78 Å². The minimum absolute atomic E-state index is 0.0107. The second-order valence-electron chi connectivity index (χ2n) is 8.80. The minimum Gasteiger partial charge on any atom is -0.486 e. The number of carbonyl (C=O) groups excluding carboxylic acids is 1. The number of hydrogen-bond acceptors (Lipinski definition) is 6. The van der Waals surface area contributed by atoms with E-state index in [-0.39, 0.29) is 42.3 Å². The van der Waals surface area contributed by atoms with E-state index >= 15 is 0 Å². The first-order chi connectivity index (χ1) is 18.3. The monoisotopic (exact) mass is 560 g/mol. The summed E-state index contributed by atoms with van der Waals surface area (Å²) in [4.78, 5) is 26.4. The molecule has 1 N–H and O–H groups in total. The van der Waals surface area contributed by atoms with Crippen molar-refractivity contribution in [3.63, 3.8) is 0 Å². The van der Waals surface area contributed by atoms with E-state index in [4.69, 9.17) is 9.84 Å². The molecule has 0 fully saturated rings. The van der Waals surface area contributed by atoms with Crippen molar-refractivity contribution in [1.29, 1.82) is 0 Å². The Morgan fingerprint density at radius 1 is 1.10 bits per heavy atom. The normalized spacial score (nSPS) is 15.6. The molecule has 1 atom stereocenters. The maximum Gasteiger partial charge on any atom is 0.416 e. The summed E-state index contributed by atoms with van der Waals surface area (Å²) in [5, 5.41) is 9.06. The number of ketones is 1. The maximum atomic E-state index is 13.6. The van der Waals surface area contributed by atoms with Gasteiger partial charge in [0.05, 0.1) is 28.4 Å². The van der Waals surface area contributed by atoms with Gasteiger partial charge in [-0.2, -0.15) is 13.2 Å². The summed E-state index contributed by atoms with van der Waals surface area (Å²) in [6.07, 6.45) is -2.62. The Hall–Kier alpha value is -4.19. The van der Waals surface area contributed by atoms with Crippen LogP contribution in [0, 0.1) is 0 Å². The number of halogens is 3. The van der Waals surface area contributed by atoms with Crippen LogP contribution >= 0.6 is 0 Å². The number of Topliss-reactive ketones (excluding diaryl/α,β-unsaturated/α-hetero) is 1. The predicted molar refractivity (Wildman–Crippen MR) is 137 cm³/mol. The fourth-order valence-electron chi connectivity index (χ4n) is 3.98. The van der Waals surface area contributed by atoms with Gasteiger partial charge in [-0.25, -0.2) is 13.4 Å². The zero-order chi connectivity index (χ0) is 28.4. The van der Waals surface area contributed by atoms with Crippen LogP contribution in [0.3, 0.4) is 0 Å². The maximum absolute atomic E-state index is 13.6. The molecule has 0 bridgehead atoms. The average molecular weight is 561 g/mol. The van der Waals surface area contributed by atoms with E-state index in [1.165, 1.54) is 19.1 Å². The second kappa shape index (κ2) is 10.9. The van der Waals surface area contributed by atoms with Crippen LogP contribution in [0.5, 0.6) is 5.75 Å². The molecule has 1 aliphatic heterocycles. The van der Waals surface area contributed by atoms with E-state index in [0.29, 0.717) is 17.3 Å². The lowest BCUT2D eigenvalue weighted by atomic mass is 10.1. The third kappa shape index (κ3) is 6.45. The molecule has 0 aliphatic carbocycles. The number of aliphatic carboxylic acids is 1. The van der Waals surface area contributed by atoms with Gasteiger partial charge in [0, 0.05) is 13.3 Å². The third-order valence-corrected chi connectivity index (χ3v) is 7.70. The number of carbonyl (C=O) groups is 2. The highest BCUT2D eigenvalue weighted by Gasteiger charge is 2.37. The van der Waals surface area contributed by atoms with E-state index in [0.717, 1.165) is 22.5 Å². The zero-order valence-electron chi connectivity index (χ0n) is 20.6. The van der Waals surface area contributed by atoms with Crippen molar-refractivity contribution in [2.45, 2.75) is 36.9 Å². The summed E-state index contributed by atoms with van der Waals surface area (Å²) in [5.41, 5.74) is 0.268. The molecule has 1 aliphatic rings. The Bertz CT molecular complexity index is 1550. The van der Waals surface area contributed by atoms with Crippen molar-refractivity contribution in [2.24, 2.45) is 0 Å². The van der Waals surface area contributed by atoms with Gasteiger partial charge in [0.25, 0.3) is 10.0 Å². The lowest BCUT2D eigenvalue weighted by Crippen LogP contribution is -2.43. The number of pyridine rings is 1. The highest BCUT2D eigenvalue weighted by atomic mass is 32.2. The number of alkyl halides is 3. The number of aromatic nitrogens is 1. The first kappa shape index (κ1) is 27.8. The predicted octanol–water partition coefficient (Wildman–Crippen LogP) is 5.29. The second-order valence-corrected chi connectivity index (χ2v) is 10.7. The molecule has 0 amide bonds. The van der Waals surface area contributed by atoms with Crippen molar-refractivity contribution in [3.05, 3.63) is 83.2 Å². The molecule has 1 aromatic heterocycles. The summed E-state index contributed by atoms with van der Waals surface area (Å²) >= 11 is 0. The Labute approximate surface area is 222 Å². The van der Waals surface area contributed by atoms with Crippen LogP contribution in [0.2, 0.25) is 0 Å². The quantitative estimate of drug-likeness (QED) is 0.372. The van der Waals surface area contributed by atoms with Gasteiger partial charge in [-0.05, 0) is 60.5 Å². The highest BCUT2D eigenvalue weighted by Crippen LogP contribution is 2.40. The molecule has 4 rings (SSSR count). The lowest BCUT2D eigenvalue weighted by molar-refractivity contribution is -0.138. The van der Waals surface area contributed by atoms with Gasteiger partial charge in [-0.3, -0.25) is 13.9 Å². The topological polar surface area (TPSA) is 114 Å². The van der Waals surface area contributed by atoms with Gasteiger partial charge in [0.1, 0.15) is 17.5 Å². The van der Waals surface area contributed by atoms with Crippen molar-refractivity contribution < 1.29 is 41.0 Å². The van der Waals surface area contributed by atoms with Gasteiger partial charge >= 0.3 is 12.1 Å². The molecule has 2 aromatic carbocycles. The van der Waals surface area contributed by atoms with Gasteiger partial charge < -0.3 is 9.84 Å². The number of benzene rings is 2. The van der Waals surface area contributed by atoms with Crippen molar-refractivity contribution >= 4 is 39.6 Å². The van der Waals surface area contributed by atoms with Crippen LogP contribution < -0.4 is 9.04 Å². The molecule has 0 saturated heterocycles. The van der Waals surface area contributed by atoms with Crippen molar-refractivity contribution in [2.75, 3.05) is 10.8 Å². The molecular formula is C27H23F3N2O6S. The van der Waals surface area contributed by atoms with Crippen LogP contribution in [-0.2, 0) is 21.0 Å². The number of rotatable bonds is 8. The molecule has 204 valence electrons. The Balaban J connectivity index is 1.74. The minimum atomic E-state index is -4.75. The summed E-state index contributed by atoms with van der Waals surface area (Å²) in [7, 11) is -4.50. The van der Waals surface area contributed by atoms with Crippen molar-refractivity contribution in [3.8, 4) is 5.75 Å². The van der Waals surface area contributed by atoms with E-state index in [1.807, 2.05) is 0 Å². The standard InChI is InChI=1S/C27H23F3N2O6S/c1-17(33)23-7-3-5-20(31-23)10-8-18-9-12-25-24(14-18)32(16-21(38-25)11-13-26(34)35)39(36,37)22-6-2-4-19(15-22)27(28,29)30/h2-10,12,14-15,21H,11,13,16H2,1H3,(H,34,35). The Morgan fingerprint density at radius 2 is 1.85 bits per heavy atom. The fraction of sp³-hybridized carbons (Fsp3) is 0.222. The molecular weight excluding hydrogens is 537 g/mol. The fourth-order valence-corrected chi connectivity index (χ4v) is 5.52. The number of carboxylic acids is 1. The lowest BCUT2D eigenvalue weighted by Gasteiger charge is -2.35. The summed E-state index contributed by atoms with van der Waals surface area (Å²) in [6.45, 7) is 1.09. The molecule has 3 aromatic rings. The van der Waals surface area contributed by atoms with Gasteiger partial charge in [-0.15, -0.1) is 0 Å². The van der Waals surface area contributed by atoms with E-state index < -0.39 is 38.7 Å². The Kier molecular flexibility index (Phi) is 7.77. The Morgan fingerprint density at radius 3 is 2.54 bits per heavy atom. The largest absolute Gasteiger partial charge is 0.486 e. The number of anilines is 1. The molecule has 2 heterocycles. The third-order valence-electron chi connectivity index (χ3n) is 5.92. The highest BCUT2D eigenvalue weighted by molar-refractivity contribution is 7.92. The molecule has 0 radical (unpaired) electrons. The van der Waals surface area contributed by atoms with Crippen molar-refractivity contribution in [1.82, 2.24) is 4.98 Å².